The summed E-state index contributed by atoms with van der Waals surface area (Å²) >= 11 is 0. The number of anilines is 2. The van der Waals surface area contributed by atoms with E-state index in [-0.39, 0.29) is 12.0 Å². The maximum atomic E-state index is 5.91. The van der Waals surface area contributed by atoms with Gasteiger partial charge in [-0.1, -0.05) is 35.5 Å². The molecule has 0 saturated heterocycles. The Morgan fingerprint density at radius 1 is 1.15 bits per heavy atom. The zero-order valence-corrected chi connectivity index (χ0v) is 14.7. The molecule has 0 amide bonds. The summed E-state index contributed by atoms with van der Waals surface area (Å²) in [6.07, 6.45) is 1.89. The monoisotopic (exact) mass is 350 g/mol. The predicted molar refractivity (Wildman–Crippen MR) is 100 cm³/mol. The van der Waals surface area contributed by atoms with Crippen molar-refractivity contribution in [2.24, 2.45) is 5.73 Å². The van der Waals surface area contributed by atoms with Crippen molar-refractivity contribution in [3.63, 3.8) is 0 Å². The number of aromatic nitrogens is 3. The quantitative estimate of drug-likeness (QED) is 0.728. The Bertz CT molecular complexity index is 888. The molecular weight excluding hydrogens is 328 g/mol. The van der Waals surface area contributed by atoms with Crippen molar-refractivity contribution in [3.8, 4) is 11.3 Å². The van der Waals surface area contributed by atoms with E-state index in [1.807, 2.05) is 54.4 Å². The molecule has 1 aromatic carbocycles. The van der Waals surface area contributed by atoms with Crippen LogP contribution in [-0.2, 0) is 6.54 Å². The third-order valence-corrected chi connectivity index (χ3v) is 4.76. The molecule has 0 spiro atoms. The van der Waals surface area contributed by atoms with Crippen LogP contribution in [0.25, 0.3) is 11.3 Å². The first-order valence-electron chi connectivity index (χ1n) is 8.70. The van der Waals surface area contributed by atoms with E-state index >= 15 is 0 Å². The van der Waals surface area contributed by atoms with Crippen LogP contribution in [0.15, 0.2) is 47.0 Å². The minimum atomic E-state index is 0.267. The molecular formula is C19H22N6O. The summed E-state index contributed by atoms with van der Waals surface area (Å²) in [5.74, 6) is 2.19. The zero-order chi connectivity index (χ0) is 18.1. The van der Waals surface area contributed by atoms with Gasteiger partial charge in [0.1, 0.15) is 11.5 Å². The van der Waals surface area contributed by atoms with Gasteiger partial charge in [0.05, 0.1) is 12.2 Å². The van der Waals surface area contributed by atoms with Gasteiger partial charge in [0.2, 0.25) is 5.95 Å². The minimum absolute atomic E-state index is 0.267. The van der Waals surface area contributed by atoms with Crippen LogP contribution in [0, 0.1) is 0 Å². The van der Waals surface area contributed by atoms with Crippen molar-refractivity contribution in [1.82, 2.24) is 15.1 Å². The molecule has 1 aliphatic carbocycles. The maximum Gasteiger partial charge on any atom is 0.222 e. The summed E-state index contributed by atoms with van der Waals surface area (Å²) in [5, 5.41) is 4.15. The zero-order valence-electron chi connectivity index (χ0n) is 14.7. The van der Waals surface area contributed by atoms with Gasteiger partial charge in [-0.3, -0.25) is 0 Å². The fraction of sp³-hybridized carbons (Fsp3) is 0.316. The number of nitrogen functional groups attached to an aromatic ring is 1. The number of nitrogens with two attached hydrogens (primary N) is 2. The lowest BCUT2D eigenvalue weighted by atomic mass is 9.78. The SMILES string of the molecule is CN(Cc1cc(-c2ccccc2)no1)c1cc(C2CC(N)C2)nc(N)n1. The Balaban J connectivity index is 1.50. The lowest BCUT2D eigenvalue weighted by Crippen LogP contribution is -2.35. The molecule has 4 N–H and O–H groups in total. The molecule has 2 aromatic heterocycles. The molecule has 0 unspecified atom stereocenters. The molecule has 1 aliphatic rings. The van der Waals surface area contributed by atoms with Crippen LogP contribution in [0.1, 0.15) is 30.2 Å². The topological polar surface area (TPSA) is 107 Å². The predicted octanol–water partition coefficient (Wildman–Crippen LogP) is 2.55. The number of nitrogens with zero attached hydrogens (tertiary/aromatic N) is 4. The molecule has 3 aromatic rings. The Morgan fingerprint density at radius 2 is 1.92 bits per heavy atom. The smallest absolute Gasteiger partial charge is 0.222 e. The lowest BCUT2D eigenvalue weighted by Gasteiger charge is -2.32. The van der Waals surface area contributed by atoms with Gasteiger partial charge in [-0.2, -0.15) is 4.98 Å². The molecule has 0 bridgehead atoms. The van der Waals surface area contributed by atoms with Gasteiger partial charge in [-0.05, 0) is 12.8 Å². The Hall–Kier alpha value is -2.93. The van der Waals surface area contributed by atoms with Crippen molar-refractivity contribution in [1.29, 1.82) is 0 Å². The summed E-state index contributed by atoms with van der Waals surface area (Å²) in [6, 6.07) is 14.1. The highest BCUT2D eigenvalue weighted by atomic mass is 16.5. The summed E-state index contributed by atoms with van der Waals surface area (Å²) in [6.45, 7) is 0.542. The van der Waals surface area contributed by atoms with Crippen LogP contribution in [0.2, 0.25) is 0 Å². The van der Waals surface area contributed by atoms with Crippen LogP contribution in [0.4, 0.5) is 11.8 Å². The number of hydrogen-bond donors (Lipinski definition) is 2. The van der Waals surface area contributed by atoms with Gasteiger partial charge in [0, 0.05) is 36.7 Å². The molecule has 26 heavy (non-hydrogen) atoms. The van der Waals surface area contributed by atoms with Crippen LogP contribution < -0.4 is 16.4 Å². The highest BCUT2D eigenvalue weighted by Crippen LogP contribution is 2.35. The summed E-state index contributed by atoms with van der Waals surface area (Å²) in [7, 11) is 1.95. The van der Waals surface area contributed by atoms with Crippen LogP contribution >= 0.6 is 0 Å². The number of rotatable bonds is 5. The van der Waals surface area contributed by atoms with E-state index in [1.165, 1.54) is 0 Å². The highest BCUT2D eigenvalue weighted by Gasteiger charge is 2.29. The first-order chi connectivity index (χ1) is 12.6. The van der Waals surface area contributed by atoms with Crippen LogP contribution in [0.5, 0.6) is 0 Å². The molecule has 0 radical (unpaired) electrons. The fourth-order valence-corrected chi connectivity index (χ4v) is 3.23. The van der Waals surface area contributed by atoms with Crippen molar-refractivity contribution in [2.45, 2.75) is 31.3 Å². The molecule has 2 heterocycles. The van der Waals surface area contributed by atoms with E-state index in [9.17, 15) is 0 Å². The average molecular weight is 350 g/mol. The van der Waals surface area contributed by atoms with E-state index < -0.39 is 0 Å². The second kappa shape index (κ2) is 6.76. The Labute approximate surface area is 152 Å². The molecule has 1 fully saturated rings. The second-order valence-electron chi connectivity index (χ2n) is 6.84. The van der Waals surface area contributed by atoms with Gasteiger partial charge in [0.15, 0.2) is 5.76 Å². The fourth-order valence-electron chi connectivity index (χ4n) is 3.23. The van der Waals surface area contributed by atoms with E-state index in [4.69, 9.17) is 16.0 Å². The van der Waals surface area contributed by atoms with Crippen LogP contribution in [-0.4, -0.2) is 28.2 Å². The highest BCUT2D eigenvalue weighted by molar-refractivity contribution is 5.58. The van der Waals surface area contributed by atoms with Crippen molar-refractivity contribution in [2.75, 3.05) is 17.7 Å². The van der Waals surface area contributed by atoms with Crippen molar-refractivity contribution >= 4 is 11.8 Å². The van der Waals surface area contributed by atoms with Gasteiger partial charge >= 0.3 is 0 Å². The molecule has 7 nitrogen and oxygen atoms in total. The van der Waals surface area contributed by atoms with E-state index in [2.05, 4.69) is 15.1 Å². The third-order valence-electron chi connectivity index (χ3n) is 4.76. The lowest BCUT2D eigenvalue weighted by molar-refractivity contribution is 0.345. The molecule has 4 rings (SSSR count). The largest absolute Gasteiger partial charge is 0.368 e. The minimum Gasteiger partial charge on any atom is -0.368 e. The third kappa shape index (κ3) is 3.39. The van der Waals surface area contributed by atoms with Gasteiger partial charge in [-0.15, -0.1) is 0 Å². The molecule has 134 valence electrons. The van der Waals surface area contributed by atoms with E-state index in [1.54, 1.807) is 0 Å². The second-order valence-corrected chi connectivity index (χ2v) is 6.84. The molecule has 1 saturated carbocycles. The van der Waals surface area contributed by atoms with Crippen molar-refractivity contribution in [3.05, 3.63) is 53.9 Å². The summed E-state index contributed by atoms with van der Waals surface area (Å²) in [5.41, 5.74) is 14.6. The normalized spacial score (nSPS) is 19.2. The maximum absolute atomic E-state index is 5.91. The van der Waals surface area contributed by atoms with E-state index in [0.717, 1.165) is 41.4 Å². The Morgan fingerprint density at radius 3 is 2.65 bits per heavy atom. The van der Waals surface area contributed by atoms with E-state index in [0.29, 0.717) is 12.5 Å². The van der Waals surface area contributed by atoms with Gasteiger partial charge in [0.25, 0.3) is 0 Å². The van der Waals surface area contributed by atoms with Gasteiger partial charge in [-0.25, -0.2) is 4.98 Å². The first-order valence-corrected chi connectivity index (χ1v) is 8.70. The average Bonchev–Trinajstić information content (AvgIpc) is 3.07. The molecule has 0 atom stereocenters. The number of hydrogen-bond acceptors (Lipinski definition) is 7. The van der Waals surface area contributed by atoms with Gasteiger partial charge < -0.3 is 20.9 Å². The molecule has 0 aliphatic heterocycles. The first kappa shape index (κ1) is 16.5. The number of benzene rings is 1. The summed E-state index contributed by atoms with van der Waals surface area (Å²) < 4.78 is 5.48. The molecule has 7 heteroatoms. The van der Waals surface area contributed by atoms with Crippen LogP contribution in [0.3, 0.4) is 0 Å². The van der Waals surface area contributed by atoms with Crippen molar-refractivity contribution < 1.29 is 4.52 Å². The standard InChI is InChI=1S/C19H22N6O/c1-25(11-15-9-17(24-26-15)12-5-3-2-4-6-12)18-10-16(22-19(21)23-18)13-7-14(20)8-13/h2-6,9-10,13-14H,7-8,11,20H2,1H3,(H2,21,22,23). The Kier molecular flexibility index (Phi) is 4.30. The summed E-state index contributed by atoms with van der Waals surface area (Å²) in [4.78, 5) is 10.7.